The molecule has 0 heterocycles. The van der Waals surface area contributed by atoms with Gasteiger partial charge in [0, 0.05) is 0 Å². The first-order chi connectivity index (χ1) is 22.6. The van der Waals surface area contributed by atoms with Crippen LogP contribution in [-0.4, -0.2) is 3.21 Å². The third kappa shape index (κ3) is 11.0. The molecule has 0 spiro atoms. The predicted molar refractivity (Wildman–Crippen MR) is 209 cm³/mol. The summed E-state index contributed by atoms with van der Waals surface area (Å²) < 4.78 is 1.51. The molecule has 0 aromatic heterocycles. The van der Waals surface area contributed by atoms with Gasteiger partial charge in [-0.15, -0.1) is 29.3 Å². The van der Waals surface area contributed by atoms with E-state index >= 15 is 0 Å². The molecule has 0 unspecified atom stereocenters. The van der Waals surface area contributed by atoms with Crippen molar-refractivity contribution in [2.75, 3.05) is 0 Å². The molecule has 50 heavy (non-hydrogen) atoms. The van der Waals surface area contributed by atoms with Crippen LogP contribution in [-0.2, 0) is 42.5 Å². The topological polar surface area (TPSA) is 0 Å². The fraction of sp³-hybridized carbons (Fsp3) is 0.362. The van der Waals surface area contributed by atoms with E-state index in [0.717, 1.165) is 6.42 Å². The molecule has 0 aliphatic heterocycles. The second-order valence-corrected chi connectivity index (χ2v) is 17.7. The maximum absolute atomic E-state index is 3.78. The zero-order chi connectivity index (χ0) is 35.3. The number of hydrogen-bond acceptors (Lipinski definition) is 0. The molecule has 1 aliphatic carbocycles. The Hall–Kier alpha value is -2.44. The van der Waals surface area contributed by atoms with Crippen molar-refractivity contribution in [3.05, 3.63) is 134 Å². The van der Waals surface area contributed by atoms with E-state index in [9.17, 15) is 0 Å². The van der Waals surface area contributed by atoms with E-state index in [-0.39, 0.29) is 24.8 Å². The van der Waals surface area contributed by atoms with Crippen LogP contribution in [0, 0.1) is 47.6 Å². The van der Waals surface area contributed by atoms with E-state index in [0.29, 0.717) is 5.41 Å². The van der Waals surface area contributed by atoms with Crippen molar-refractivity contribution in [3.8, 4) is 33.4 Å². The van der Waals surface area contributed by atoms with Gasteiger partial charge in [-0.3, -0.25) is 0 Å². The first kappa shape index (κ1) is 43.7. The quantitative estimate of drug-likeness (QED) is 0.165. The Morgan fingerprint density at radius 3 is 1.76 bits per heavy atom. The van der Waals surface area contributed by atoms with Crippen LogP contribution in [0.1, 0.15) is 110 Å². The molecule has 0 radical (unpaired) electrons. The molecule has 5 aromatic rings. The first-order valence-electron chi connectivity index (χ1n) is 17.7. The Kier molecular flexibility index (Phi) is 16.5. The van der Waals surface area contributed by atoms with Crippen LogP contribution in [0.25, 0.3) is 33.4 Å². The van der Waals surface area contributed by atoms with Crippen LogP contribution in [0.3, 0.4) is 0 Å². The van der Waals surface area contributed by atoms with Crippen molar-refractivity contribution in [2.24, 2.45) is 0 Å². The molecule has 0 N–H and O–H groups in total. The van der Waals surface area contributed by atoms with Crippen LogP contribution >= 0.6 is 0 Å². The minimum absolute atomic E-state index is 0. The fourth-order valence-electron chi connectivity index (χ4n) is 7.16. The van der Waals surface area contributed by atoms with Crippen LogP contribution in [0.5, 0.6) is 0 Å². The molecular formula is C47H56Cl2Zr-2. The van der Waals surface area contributed by atoms with Gasteiger partial charge in [-0.05, 0) is 75.8 Å². The molecule has 0 saturated carbocycles. The molecule has 0 bridgehead atoms. The summed E-state index contributed by atoms with van der Waals surface area (Å²) in [5.41, 5.74) is 22.0. The Labute approximate surface area is 332 Å². The minimum Gasteiger partial charge on any atom is -1.00 e. The van der Waals surface area contributed by atoms with Crippen molar-refractivity contribution < 1.29 is 49.0 Å². The normalized spacial score (nSPS) is 11.2. The van der Waals surface area contributed by atoms with E-state index in [1.54, 1.807) is 24.2 Å². The number of benzene rings is 4. The third-order valence-corrected chi connectivity index (χ3v) is 9.20. The Bertz CT molecular complexity index is 1760. The second-order valence-electron chi connectivity index (χ2n) is 15.2. The van der Waals surface area contributed by atoms with E-state index in [1.165, 1.54) is 111 Å². The minimum atomic E-state index is 0. The summed E-state index contributed by atoms with van der Waals surface area (Å²) >= 11 is 1.55. The van der Waals surface area contributed by atoms with Gasteiger partial charge in [0.1, 0.15) is 0 Å². The summed E-state index contributed by atoms with van der Waals surface area (Å²) in [4.78, 5) is 0. The zero-order valence-corrected chi connectivity index (χ0v) is 36.5. The number of rotatable bonds is 5. The van der Waals surface area contributed by atoms with Crippen LogP contribution in [0.15, 0.2) is 72.8 Å². The van der Waals surface area contributed by atoms with Gasteiger partial charge in [-0.1, -0.05) is 134 Å². The van der Waals surface area contributed by atoms with E-state index in [1.807, 2.05) is 0 Å². The SMILES string of the molecule is CCCCc1cc(C(C)(C)C)c[cH-]1.C[C](C)=[Zr+2].Cc1cc(C)c(-c2[c-]c3c(cc2)-c2ccc(-c4c(C)cc(C)cc4C)cc2C3)c(C)c1.[Cl-].[Cl-]. The second kappa shape index (κ2) is 18.9. The summed E-state index contributed by atoms with van der Waals surface area (Å²) in [5, 5.41) is 0. The van der Waals surface area contributed by atoms with Gasteiger partial charge in [0.25, 0.3) is 0 Å². The van der Waals surface area contributed by atoms with Gasteiger partial charge in [0.05, 0.1) is 0 Å². The standard InChI is InChI=1S/C31H29.C13H21.C3H6.2ClH.Zr/c1-18-11-20(3)30(21(4)12-18)24-7-9-28-26(15-24)17-27-16-25(8-10-29(27)28)31-22(5)13-19(2)14-23(31)6;1-5-6-7-11-8-9-12(10-11)13(2,3)4;1-3-2;;;/h7-15H,17H2,1-6H3;8-10H,5-7H2,1-4H3;1-2H3;2*1H;/q2*-1;;;;+2/p-2. The molecule has 0 fully saturated rings. The number of unbranched alkanes of at least 4 members (excludes halogenated alkanes) is 1. The van der Waals surface area contributed by atoms with Gasteiger partial charge in [-0.25, -0.2) is 6.07 Å². The maximum Gasteiger partial charge on any atom is -0.0125 e. The number of halogens is 2. The average molecular weight is 783 g/mol. The van der Waals surface area contributed by atoms with Crippen molar-refractivity contribution in [2.45, 2.75) is 114 Å². The molecule has 0 saturated heterocycles. The molecule has 1 aliphatic rings. The Morgan fingerprint density at radius 1 is 0.740 bits per heavy atom. The molecule has 5 aromatic carbocycles. The number of hydrogen-bond donors (Lipinski definition) is 0. The monoisotopic (exact) mass is 780 g/mol. The van der Waals surface area contributed by atoms with Crippen LogP contribution < -0.4 is 24.8 Å². The predicted octanol–water partition coefficient (Wildman–Crippen LogP) is 7.04. The molecule has 0 amide bonds. The summed E-state index contributed by atoms with van der Waals surface area (Å²) in [5.74, 6) is 0. The largest absolute Gasteiger partial charge is 1.00 e. The third-order valence-electron chi connectivity index (χ3n) is 9.20. The van der Waals surface area contributed by atoms with Gasteiger partial charge in [0.2, 0.25) is 0 Å². The zero-order valence-electron chi connectivity index (χ0n) is 32.5. The van der Waals surface area contributed by atoms with Gasteiger partial charge >= 0.3 is 41.3 Å². The van der Waals surface area contributed by atoms with E-state index in [2.05, 4.69) is 162 Å². The smallest absolute Gasteiger partial charge is 0.0125 e. The van der Waals surface area contributed by atoms with Crippen molar-refractivity contribution in [1.82, 2.24) is 0 Å². The summed E-state index contributed by atoms with van der Waals surface area (Å²) in [6.07, 6.45) is 4.80. The fourth-order valence-corrected chi connectivity index (χ4v) is 7.16. The van der Waals surface area contributed by atoms with Crippen molar-refractivity contribution >= 4 is 3.21 Å². The summed E-state index contributed by atoms with van der Waals surface area (Å²) in [6, 6.07) is 31.4. The molecule has 0 atom stereocenters. The van der Waals surface area contributed by atoms with E-state index in [4.69, 9.17) is 0 Å². The number of fused-ring (bicyclic) bond motifs is 3. The van der Waals surface area contributed by atoms with Gasteiger partial charge in [0.15, 0.2) is 0 Å². The summed E-state index contributed by atoms with van der Waals surface area (Å²) in [6.45, 7) is 26.5. The van der Waals surface area contributed by atoms with Crippen LogP contribution in [0.2, 0.25) is 0 Å². The maximum atomic E-state index is 3.78. The van der Waals surface area contributed by atoms with Gasteiger partial charge in [-0.2, -0.15) is 23.3 Å². The first-order valence-corrected chi connectivity index (χ1v) is 18.9. The Morgan fingerprint density at radius 2 is 1.26 bits per heavy atom. The average Bonchev–Trinajstić information content (AvgIpc) is 3.59. The molecule has 6 rings (SSSR count). The molecule has 264 valence electrons. The molecular weight excluding hydrogens is 727 g/mol. The van der Waals surface area contributed by atoms with Crippen molar-refractivity contribution in [3.63, 3.8) is 0 Å². The van der Waals surface area contributed by atoms with Gasteiger partial charge < -0.3 is 24.8 Å². The number of aryl methyl sites for hydroxylation is 7. The van der Waals surface area contributed by atoms with Crippen molar-refractivity contribution in [1.29, 1.82) is 0 Å². The Balaban J connectivity index is 0.000000384. The molecule has 0 nitrogen and oxygen atoms in total. The van der Waals surface area contributed by atoms with Crippen LogP contribution in [0.4, 0.5) is 0 Å². The van der Waals surface area contributed by atoms with E-state index < -0.39 is 0 Å². The molecule has 3 heteroatoms. The summed E-state index contributed by atoms with van der Waals surface area (Å²) in [7, 11) is 0.